The number of pyridine rings is 1. The lowest BCUT2D eigenvalue weighted by atomic mass is 10.2. The van der Waals surface area contributed by atoms with Crippen LogP contribution in [0.2, 0.25) is 0 Å². The van der Waals surface area contributed by atoms with E-state index in [2.05, 4.69) is 15.9 Å². The Hall–Kier alpha value is -2.06. The predicted octanol–water partition coefficient (Wildman–Crippen LogP) is 2.85. The molecular weight excluding hydrogens is 320 g/mol. The van der Waals surface area contributed by atoms with Crippen LogP contribution in [-0.2, 0) is 6.54 Å². The standard InChI is InChI=1S/C15H13BrN2O2/c1-10-3-5-12(8-17)15(19)18(10)9-11-4-6-14(20-2)13(16)7-11/h3-7H,9H2,1-2H3. The Bertz CT molecular complexity index is 745. The lowest BCUT2D eigenvalue weighted by Gasteiger charge is -2.11. The molecule has 0 unspecified atom stereocenters. The molecule has 2 rings (SSSR count). The van der Waals surface area contributed by atoms with E-state index in [0.29, 0.717) is 6.54 Å². The zero-order chi connectivity index (χ0) is 14.7. The first-order valence-corrected chi connectivity index (χ1v) is 6.79. The maximum atomic E-state index is 12.1. The molecule has 0 aliphatic heterocycles. The zero-order valence-corrected chi connectivity index (χ0v) is 12.8. The molecule has 0 aliphatic carbocycles. The van der Waals surface area contributed by atoms with Crippen LogP contribution in [0.25, 0.3) is 0 Å². The molecule has 0 spiro atoms. The lowest BCUT2D eigenvalue weighted by molar-refractivity contribution is 0.412. The van der Waals surface area contributed by atoms with Crippen molar-refractivity contribution in [1.29, 1.82) is 5.26 Å². The number of methoxy groups -OCH3 is 1. The Morgan fingerprint density at radius 3 is 2.70 bits per heavy atom. The van der Waals surface area contributed by atoms with Crippen LogP contribution in [0, 0.1) is 18.3 Å². The van der Waals surface area contributed by atoms with Gasteiger partial charge < -0.3 is 9.30 Å². The minimum absolute atomic E-state index is 0.156. The Labute approximate surface area is 125 Å². The van der Waals surface area contributed by atoms with Crippen molar-refractivity contribution in [3.63, 3.8) is 0 Å². The Morgan fingerprint density at radius 1 is 1.35 bits per heavy atom. The normalized spacial score (nSPS) is 10.1. The van der Waals surface area contributed by atoms with Crippen LogP contribution in [-0.4, -0.2) is 11.7 Å². The molecule has 1 aromatic heterocycles. The van der Waals surface area contributed by atoms with E-state index in [0.717, 1.165) is 21.5 Å². The second kappa shape index (κ2) is 5.93. The molecule has 0 saturated carbocycles. The molecule has 1 heterocycles. The summed E-state index contributed by atoms with van der Waals surface area (Å²) in [4.78, 5) is 12.1. The molecule has 0 atom stereocenters. The van der Waals surface area contributed by atoms with Gasteiger partial charge in [0, 0.05) is 5.69 Å². The summed E-state index contributed by atoms with van der Waals surface area (Å²) < 4.78 is 7.60. The largest absolute Gasteiger partial charge is 0.496 e. The topological polar surface area (TPSA) is 55.0 Å². The maximum Gasteiger partial charge on any atom is 0.268 e. The first kappa shape index (κ1) is 14.4. The van der Waals surface area contributed by atoms with Crippen LogP contribution in [0.15, 0.2) is 39.6 Å². The summed E-state index contributed by atoms with van der Waals surface area (Å²) in [6.45, 7) is 2.27. The number of aromatic nitrogens is 1. The molecule has 0 N–H and O–H groups in total. The summed E-state index contributed by atoms with van der Waals surface area (Å²) in [5.41, 5.74) is 1.67. The highest BCUT2D eigenvalue weighted by Gasteiger charge is 2.08. The fourth-order valence-corrected chi connectivity index (χ4v) is 2.53. The molecule has 1 aromatic carbocycles. The molecule has 2 aromatic rings. The van der Waals surface area contributed by atoms with Gasteiger partial charge >= 0.3 is 0 Å². The van der Waals surface area contributed by atoms with Crippen molar-refractivity contribution >= 4 is 15.9 Å². The molecule has 4 nitrogen and oxygen atoms in total. The maximum absolute atomic E-state index is 12.1. The van der Waals surface area contributed by atoms with E-state index >= 15 is 0 Å². The van der Waals surface area contributed by atoms with Crippen LogP contribution in [0.3, 0.4) is 0 Å². The van der Waals surface area contributed by atoms with Crippen molar-refractivity contribution in [3.8, 4) is 11.8 Å². The van der Waals surface area contributed by atoms with Crippen molar-refractivity contribution in [2.75, 3.05) is 7.11 Å². The fraction of sp³-hybridized carbons (Fsp3) is 0.200. The van der Waals surface area contributed by atoms with E-state index < -0.39 is 0 Å². The predicted molar refractivity (Wildman–Crippen MR) is 80.0 cm³/mol. The van der Waals surface area contributed by atoms with E-state index in [1.165, 1.54) is 0 Å². The first-order valence-electron chi connectivity index (χ1n) is 5.99. The van der Waals surface area contributed by atoms with Crippen LogP contribution in [0.5, 0.6) is 5.75 Å². The molecule has 0 fully saturated rings. The van der Waals surface area contributed by atoms with Gasteiger partial charge in [-0.15, -0.1) is 0 Å². The van der Waals surface area contributed by atoms with E-state index in [1.54, 1.807) is 23.8 Å². The average Bonchev–Trinajstić information content (AvgIpc) is 2.44. The van der Waals surface area contributed by atoms with Gasteiger partial charge in [0.2, 0.25) is 0 Å². The molecule has 0 amide bonds. The molecule has 20 heavy (non-hydrogen) atoms. The molecule has 102 valence electrons. The van der Waals surface area contributed by atoms with E-state index in [4.69, 9.17) is 10.00 Å². The van der Waals surface area contributed by atoms with E-state index in [-0.39, 0.29) is 11.1 Å². The van der Waals surface area contributed by atoms with Gasteiger partial charge in [0.25, 0.3) is 5.56 Å². The smallest absolute Gasteiger partial charge is 0.268 e. The van der Waals surface area contributed by atoms with Gasteiger partial charge in [-0.25, -0.2) is 0 Å². The second-order valence-corrected chi connectivity index (χ2v) is 5.21. The van der Waals surface area contributed by atoms with Crippen molar-refractivity contribution in [3.05, 3.63) is 62.0 Å². The summed E-state index contributed by atoms with van der Waals surface area (Å²) in [5, 5.41) is 8.92. The molecule has 0 bridgehead atoms. The van der Waals surface area contributed by atoms with E-state index in [9.17, 15) is 4.79 Å². The van der Waals surface area contributed by atoms with Gasteiger partial charge in [0.1, 0.15) is 17.4 Å². The van der Waals surface area contributed by atoms with Gasteiger partial charge in [-0.1, -0.05) is 6.07 Å². The minimum atomic E-state index is -0.264. The van der Waals surface area contributed by atoms with Crippen LogP contribution >= 0.6 is 15.9 Å². The Morgan fingerprint density at radius 2 is 2.10 bits per heavy atom. The Balaban J connectivity index is 2.43. The zero-order valence-electron chi connectivity index (χ0n) is 11.2. The van der Waals surface area contributed by atoms with Crippen molar-refractivity contribution in [1.82, 2.24) is 4.57 Å². The summed E-state index contributed by atoms with van der Waals surface area (Å²) in [6.07, 6.45) is 0. The van der Waals surface area contributed by atoms with Gasteiger partial charge in [0.05, 0.1) is 18.1 Å². The Kier molecular flexibility index (Phi) is 4.26. The molecule has 0 aliphatic rings. The summed E-state index contributed by atoms with van der Waals surface area (Å²) >= 11 is 3.42. The quantitative estimate of drug-likeness (QED) is 0.868. The van der Waals surface area contributed by atoms with Gasteiger partial charge in [-0.3, -0.25) is 4.79 Å². The fourth-order valence-electron chi connectivity index (χ4n) is 1.94. The second-order valence-electron chi connectivity index (χ2n) is 4.36. The van der Waals surface area contributed by atoms with Gasteiger partial charge in [-0.05, 0) is 52.7 Å². The average molecular weight is 333 g/mol. The highest BCUT2D eigenvalue weighted by atomic mass is 79.9. The molecule has 5 heteroatoms. The highest BCUT2D eigenvalue weighted by molar-refractivity contribution is 9.10. The number of benzene rings is 1. The van der Waals surface area contributed by atoms with Crippen molar-refractivity contribution < 1.29 is 4.74 Å². The SMILES string of the molecule is COc1ccc(Cn2c(C)ccc(C#N)c2=O)cc1Br. The number of nitriles is 1. The number of rotatable bonds is 3. The third kappa shape index (κ3) is 2.75. The third-order valence-electron chi connectivity index (χ3n) is 3.07. The lowest BCUT2D eigenvalue weighted by Crippen LogP contribution is -2.24. The summed E-state index contributed by atoms with van der Waals surface area (Å²) in [5.74, 6) is 0.739. The summed E-state index contributed by atoms with van der Waals surface area (Å²) in [7, 11) is 1.60. The minimum Gasteiger partial charge on any atom is -0.496 e. The first-order chi connectivity index (χ1) is 9.56. The number of ether oxygens (including phenoxy) is 1. The molecule has 0 saturated heterocycles. The highest BCUT2D eigenvalue weighted by Crippen LogP contribution is 2.25. The van der Waals surface area contributed by atoms with Gasteiger partial charge in [-0.2, -0.15) is 5.26 Å². The third-order valence-corrected chi connectivity index (χ3v) is 3.69. The summed E-state index contributed by atoms with van der Waals surface area (Å²) in [6, 6.07) is 10.9. The van der Waals surface area contributed by atoms with Crippen LogP contribution < -0.4 is 10.3 Å². The van der Waals surface area contributed by atoms with Crippen LogP contribution in [0.1, 0.15) is 16.8 Å². The van der Waals surface area contributed by atoms with E-state index in [1.807, 2.05) is 31.2 Å². The monoisotopic (exact) mass is 332 g/mol. The number of halogens is 1. The number of aryl methyl sites for hydroxylation is 1. The molecule has 0 radical (unpaired) electrons. The van der Waals surface area contributed by atoms with Gasteiger partial charge in [0.15, 0.2) is 0 Å². The van der Waals surface area contributed by atoms with Crippen LogP contribution in [0.4, 0.5) is 0 Å². The van der Waals surface area contributed by atoms with Crippen molar-refractivity contribution in [2.24, 2.45) is 0 Å². The number of hydrogen-bond donors (Lipinski definition) is 0. The number of hydrogen-bond acceptors (Lipinski definition) is 3. The van der Waals surface area contributed by atoms with Crippen molar-refractivity contribution in [2.45, 2.75) is 13.5 Å². The number of nitrogens with zero attached hydrogens (tertiary/aromatic N) is 2. The molecular formula is C15H13BrN2O2.